The van der Waals surface area contributed by atoms with Gasteiger partial charge in [0.1, 0.15) is 0 Å². The summed E-state index contributed by atoms with van der Waals surface area (Å²) in [4.78, 5) is 40.4. The van der Waals surface area contributed by atoms with Crippen molar-refractivity contribution in [2.45, 2.75) is 19.3 Å². The van der Waals surface area contributed by atoms with Gasteiger partial charge in [-0.2, -0.15) is 0 Å². The molecule has 8 heteroatoms. The zero-order chi connectivity index (χ0) is 30.6. The lowest BCUT2D eigenvalue weighted by atomic mass is 9.94. The summed E-state index contributed by atoms with van der Waals surface area (Å²) in [5.74, 6) is -0.405. The van der Waals surface area contributed by atoms with Crippen molar-refractivity contribution < 1.29 is 29.0 Å². The van der Waals surface area contributed by atoms with Crippen LogP contribution in [0.2, 0.25) is 0 Å². The highest BCUT2D eigenvalue weighted by molar-refractivity contribution is 6.06. The Hall–Kier alpha value is -5.11. The number of rotatable bonds is 14. The topological polar surface area (TPSA) is 105 Å². The molecule has 0 bridgehead atoms. The van der Waals surface area contributed by atoms with Gasteiger partial charge >= 0.3 is 5.97 Å². The smallest absolute Gasteiger partial charge is 0.305 e. The number of amides is 2. The SMILES string of the molecule is COc1cccc(CCN(CCC(=O)O)C(=O)c2ccccc2-c2ccccc2C(=O)NCCc2ccccc2)c1OC. The number of carbonyl (C=O) groups excluding carboxylic acids is 2. The average Bonchev–Trinajstić information content (AvgIpc) is 3.04. The Morgan fingerprint density at radius 2 is 1.37 bits per heavy atom. The van der Waals surface area contributed by atoms with Crippen LogP contribution in [0.3, 0.4) is 0 Å². The second-order valence-electron chi connectivity index (χ2n) is 9.92. The molecule has 43 heavy (non-hydrogen) atoms. The zero-order valence-corrected chi connectivity index (χ0v) is 24.4. The fraction of sp³-hybridized carbons (Fsp3) is 0.229. The normalized spacial score (nSPS) is 10.6. The van der Waals surface area contributed by atoms with Crippen LogP contribution in [0.5, 0.6) is 11.5 Å². The second kappa shape index (κ2) is 15.2. The number of benzene rings is 4. The molecular formula is C35H36N2O6. The summed E-state index contributed by atoms with van der Waals surface area (Å²) in [6, 6.07) is 29.7. The number of hydrogen-bond donors (Lipinski definition) is 2. The van der Waals surface area contributed by atoms with Crippen molar-refractivity contribution in [2.75, 3.05) is 33.9 Å². The number of nitrogens with one attached hydrogen (secondary N) is 1. The van der Waals surface area contributed by atoms with E-state index in [1.807, 2.05) is 66.7 Å². The molecule has 4 rings (SSSR count). The Morgan fingerprint density at radius 3 is 2.05 bits per heavy atom. The number of carboxylic acids is 1. The van der Waals surface area contributed by atoms with E-state index < -0.39 is 5.97 Å². The van der Waals surface area contributed by atoms with Gasteiger partial charge in [-0.05, 0) is 53.3 Å². The molecule has 8 nitrogen and oxygen atoms in total. The first-order valence-electron chi connectivity index (χ1n) is 14.1. The Kier molecular flexibility index (Phi) is 10.9. The van der Waals surface area contributed by atoms with Crippen LogP contribution in [-0.4, -0.2) is 61.6 Å². The predicted molar refractivity (Wildman–Crippen MR) is 166 cm³/mol. The van der Waals surface area contributed by atoms with E-state index in [4.69, 9.17) is 9.47 Å². The van der Waals surface area contributed by atoms with Crippen LogP contribution in [0, 0.1) is 0 Å². The van der Waals surface area contributed by atoms with Gasteiger partial charge in [-0.3, -0.25) is 14.4 Å². The van der Waals surface area contributed by atoms with Crippen LogP contribution in [0.25, 0.3) is 11.1 Å². The summed E-state index contributed by atoms with van der Waals surface area (Å²) in [6.45, 7) is 0.746. The molecule has 2 amide bonds. The number of carboxylic acid groups (broad SMARTS) is 1. The number of ether oxygens (including phenoxy) is 2. The maximum atomic E-state index is 14.0. The van der Waals surface area contributed by atoms with Gasteiger partial charge in [-0.1, -0.05) is 78.9 Å². The highest BCUT2D eigenvalue weighted by Crippen LogP contribution is 2.32. The molecule has 4 aromatic rings. The fourth-order valence-corrected chi connectivity index (χ4v) is 5.00. The molecule has 222 valence electrons. The quantitative estimate of drug-likeness (QED) is 0.204. The fourth-order valence-electron chi connectivity index (χ4n) is 5.00. The highest BCUT2D eigenvalue weighted by atomic mass is 16.5. The second-order valence-corrected chi connectivity index (χ2v) is 9.92. The molecule has 2 N–H and O–H groups in total. The zero-order valence-electron chi connectivity index (χ0n) is 24.4. The summed E-state index contributed by atoms with van der Waals surface area (Å²) >= 11 is 0. The minimum Gasteiger partial charge on any atom is -0.493 e. The van der Waals surface area contributed by atoms with E-state index in [2.05, 4.69) is 5.32 Å². The Balaban J connectivity index is 1.59. The van der Waals surface area contributed by atoms with Gasteiger partial charge in [-0.15, -0.1) is 0 Å². The van der Waals surface area contributed by atoms with E-state index in [-0.39, 0.29) is 31.3 Å². The average molecular weight is 581 g/mol. The maximum absolute atomic E-state index is 14.0. The van der Waals surface area contributed by atoms with Gasteiger partial charge in [0.25, 0.3) is 11.8 Å². The highest BCUT2D eigenvalue weighted by Gasteiger charge is 2.23. The third kappa shape index (κ3) is 8.01. The maximum Gasteiger partial charge on any atom is 0.305 e. The number of para-hydroxylation sites is 1. The van der Waals surface area contributed by atoms with Crippen molar-refractivity contribution in [2.24, 2.45) is 0 Å². The van der Waals surface area contributed by atoms with Crippen LogP contribution >= 0.6 is 0 Å². The predicted octanol–water partition coefficient (Wildman–Crippen LogP) is 5.50. The lowest BCUT2D eigenvalue weighted by Crippen LogP contribution is -2.35. The number of hydrogen-bond acceptors (Lipinski definition) is 5. The van der Waals surface area contributed by atoms with Crippen molar-refractivity contribution in [3.8, 4) is 22.6 Å². The van der Waals surface area contributed by atoms with Gasteiger partial charge in [0.05, 0.1) is 20.6 Å². The largest absolute Gasteiger partial charge is 0.493 e. The van der Waals surface area contributed by atoms with Gasteiger partial charge in [-0.25, -0.2) is 0 Å². The first-order chi connectivity index (χ1) is 20.9. The van der Waals surface area contributed by atoms with E-state index in [0.717, 1.165) is 11.1 Å². The van der Waals surface area contributed by atoms with Gasteiger partial charge in [0.2, 0.25) is 0 Å². The van der Waals surface area contributed by atoms with Gasteiger partial charge in [0, 0.05) is 30.8 Å². The van der Waals surface area contributed by atoms with Gasteiger partial charge < -0.3 is 24.8 Å². The molecule has 0 saturated carbocycles. The summed E-state index contributed by atoms with van der Waals surface area (Å²) in [7, 11) is 3.11. The number of methoxy groups -OCH3 is 2. The van der Waals surface area contributed by atoms with Crippen LogP contribution in [-0.2, 0) is 17.6 Å². The molecule has 0 aromatic heterocycles. The van der Waals surface area contributed by atoms with Crippen LogP contribution in [0.15, 0.2) is 97.1 Å². The number of carbonyl (C=O) groups is 3. The molecule has 0 aliphatic heterocycles. The van der Waals surface area contributed by atoms with Crippen molar-refractivity contribution in [3.63, 3.8) is 0 Å². The van der Waals surface area contributed by atoms with E-state index in [1.165, 1.54) is 4.90 Å². The van der Waals surface area contributed by atoms with Gasteiger partial charge in [0.15, 0.2) is 11.5 Å². The van der Waals surface area contributed by atoms with E-state index in [1.54, 1.807) is 44.6 Å². The third-order valence-electron chi connectivity index (χ3n) is 7.18. The van der Waals surface area contributed by atoms with Crippen molar-refractivity contribution in [1.29, 1.82) is 0 Å². The molecule has 0 unspecified atom stereocenters. The molecule has 0 aliphatic carbocycles. The molecular weight excluding hydrogens is 544 g/mol. The molecule has 0 radical (unpaired) electrons. The van der Waals surface area contributed by atoms with Crippen molar-refractivity contribution >= 4 is 17.8 Å². The molecule has 0 fully saturated rings. The Labute approximate surface area is 251 Å². The summed E-state index contributed by atoms with van der Waals surface area (Å²) in [5.41, 5.74) is 4.02. The van der Waals surface area contributed by atoms with E-state index in [0.29, 0.717) is 53.1 Å². The molecule has 0 heterocycles. The summed E-state index contributed by atoms with van der Waals surface area (Å²) in [5, 5.41) is 12.4. The summed E-state index contributed by atoms with van der Waals surface area (Å²) < 4.78 is 11.0. The Bertz CT molecular complexity index is 1550. The van der Waals surface area contributed by atoms with Crippen molar-refractivity contribution in [1.82, 2.24) is 10.2 Å². The molecule has 0 atom stereocenters. The molecule has 0 spiro atoms. The van der Waals surface area contributed by atoms with Crippen molar-refractivity contribution in [3.05, 3.63) is 119 Å². The lowest BCUT2D eigenvalue weighted by Gasteiger charge is -2.24. The van der Waals surface area contributed by atoms with Crippen LogP contribution < -0.4 is 14.8 Å². The monoisotopic (exact) mass is 580 g/mol. The third-order valence-corrected chi connectivity index (χ3v) is 7.18. The Morgan fingerprint density at radius 1 is 0.721 bits per heavy atom. The molecule has 0 saturated heterocycles. The molecule has 4 aromatic carbocycles. The number of nitrogens with zero attached hydrogens (tertiary/aromatic N) is 1. The van der Waals surface area contributed by atoms with E-state index in [9.17, 15) is 19.5 Å². The lowest BCUT2D eigenvalue weighted by molar-refractivity contribution is -0.137. The van der Waals surface area contributed by atoms with Crippen LogP contribution in [0.1, 0.15) is 38.3 Å². The standard InChI is InChI=1S/C35H36N2O6/c1-42-31-18-10-13-26(33(31)43-2)20-23-37(24-21-32(38)39)35(41)30-17-9-7-15-28(30)27-14-6-8-16-29(27)34(40)36-22-19-25-11-4-3-5-12-25/h3-18H,19-24H2,1-2H3,(H,36,40)(H,38,39). The minimum atomic E-state index is -0.998. The molecule has 0 aliphatic rings. The van der Waals surface area contributed by atoms with Crippen LogP contribution in [0.4, 0.5) is 0 Å². The van der Waals surface area contributed by atoms with E-state index >= 15 is 0 Å². The minimum absolute atomic E-state index is 0.0242. The first kappa shape index (κ1) is 30.8. The summed E-state index contributed by atoms with van der Waals surface area (Å²) in [6.07, 6.45) is 0.915. The number of aliphatic carboxylic acids is 1. The first-order valence-corrected chi connectivity index (χ1v) is 14.1.